The van der Waals surface area contributed by atoms with Gasteiger partial charge in [0.05, 0.1) is 16.7 Å². The van der Waals surface area contributed by atoms with Gasteiger partial charge < -0.3 is 4.74 Å². The Balaban J connectivity index is 1.32. The van der Waals surface area contributed by atoms with Crippen molar-refractivity contribution < 1.29 is 4.74 Å². The van der Waals surface area contributed by atoms with Gasteiger partial charge in [-0.05, 0) is 104 Å². The van der Waals surface area contributed by atoms with E-state index in [1.54, 1.807) is 11.8 Å². The summed E-state index contributed by atoms with van der Waals surface area (Å²) in [4.78, 5) is 4.73. The van der Waals surface area contributed by atoms with Gasteiger partial charge in [-0.2, -0.15) is 5.10 Å². The summed E-state index contributed by atoms with van der Waals surface area (Å²) in [6.07, 6.45) is 1.87. The molecule has 7 heteroatoms. The number of nitrogens with zero attached hydrogens (tertiary/aromatic N) is 4. The molecule has 0 aliphatic heterocycles. The van der Waals surface area contributed by atoms with Crippen LogP contribution in [0.15, 0.2) is 107 Å². The maximum absolute atomic E-state index is 6.59. The second-order valence-corrected chi connectivity index (χ2v) is 14.4. The van der Waals surface area contributed by atoms with Crippen molar-refractivity contribution in [3.8, 4) is 34.1 Å². The Morgan fingerprint density at radius 2 is 1.40 bits per heavy atom. The Hall–Kier alpha value is -4.46. The lowest BCUT2D eigenvalue weighted by Gasteiger charge is -2.14. The minimum atomic E-state index is 0.759. The average molecular weight is 655 g/mol. The lowest BCUT2D eigenvalue weighted by Crippen LogP contribution is -2.00. The first-order valence-corrected chi connectivity index (χ1v) is 18.0. The minimum absolute atomic E-state index is 0.759. The summed E-state index contributed by atoms with van der Waals surface area (Å²) in [7, 11) is 0. The fraction of sp³-hybridized carbons (Fsp3) is 0.200. The molecule has 0 saturated carbocycles. The zero-order chi connectivity index (χ0) is 32.7. The van der Waals surface area contributed by atoms with Crippen molar-refractivity contribution in [2.75, 3.05) is 11.5 Å². The lowest BCUT2D eigenvalue weighted by atomic mass is 9.96. The molecule has 0 N–H and O–H groups in total. The number of hydrogen-bond acceptors (Lipinski definition) is 5. The van der Waals surface area contributed by atoms with Crippen molar-refractivity contribution in [3.63, 3.8) is 0 Å². The molecule has 0 amide bonds. The molecule has 0 saturated heterocycles. The summed E-state index contributed by atoms with van der Waals surface area (Å²) in [6.45, 7) is 13.1. The molecule has 3 aromatic heterocycles. The van der Waals surface area contributed by atoms with E-state index < -0.39 is 0 Å². The van der Waals surface area contributed by atoms with Crippen molar-refractivity contribution in [1.82, 2.24) is 19.3 Å². The van der Waals surface area contributed by atoms with Gasteiger partial charge in [0.2, 0.25) is 0 Å². The first kappa shape index (κ1) is 31.2. The van der Waals surface area contributed by atoms with E-state index in [1.807, 2.05) is 36.2 Å². The predicted molar refractivity (Wildman–Crippen MR) is 199 cm³/mol. The molecule has 236 valence electrons. The number of pyridine rings is 1. The summed E-state index contributed by atoms with van der Waals surface area (Å²) < 4.78 is 10.9. The van der Waals surface area contributed by atoms with E-state index in [4.69, 9.17) is 14.8 Å². The number of para-hydroxylation sites is 1. The molecule has 5 nitrogen and oxygen atoms in total. The molecule has 0 aliphatic carbocycles. The highest BCUT2D eigenvalue weighted by molar-refractivity contribution is 8.00. The van der Waals surface area contributed by atoms with Crippen molar-refractivity contribution >= 4 is 45.3 Å². The highest BCUT2D eigenvalue weighted by Gasteiger charge is 2.24. The second kappa shape index (κ2) is 13.0. The number of aryl methyl sites for hydroxylation is 4. The zero-order valence-electron chi connectivity index (χ0n) is 27.7. The molecule has 0 bridgehead atoms. The summed E-state index contributed by atoms with van der Waals surface area (Å²) in [5.74, 6) is 4.31. The number of rotatable bonds is 9. The third-order valence-electron chi connectivity index (χ3n) is 8.37. The highest BCUT2D eigenvalue weighted by atomic mass is 32.2. The van der Waals surface area contributed by atoms with E-state index in [1.165, 1.54) is 38.8 Å². The monoisotopic (exact) mass is 654 g/mol. The number of hydrogen-bond donors (Lipinski definition) is 0. The van der Waals surface area contributed by atoms with E-state index in [0.717, 1.165) is 61.0 Å². The Morgan fingerprint density at radius 1 is 0.660 bits per heavy atom. The van der Waals surface area contributed by atoms with E-state index >= 15 is 0 Å². The van der Waals surface area contributed by atoms with Crippen LogP contribution in [0.25, 0.3) is 44.4 Å². The van der Waals surface area contributed by atoms with Gasteiger partial charge in [0.25, 0.3) is 0 Å². The number of fused-ring (bicyclic) bond motifs is 3. The molecule has 7 aromatic rings. The van der Waals surface area contributed by atoms with Crippen LogP contribution >= 0.6 is 23.5 Å². The summed E-state index contributed by atoms with van der Waals surface area (Å²) in [5.41, 5.74) is 10.7. The molecular formula is C40H38N4OS2. The lowest BCUT2D eigenvalue weighted by molar-refractivity contribution is 0.482. The van der Waals surface area contributed by atoms with Gasteiger partial charge in [0, 0.05) is 34.7 Å². The summed E-state index contributed by atoms with van der Waals surface area (Å²) in [5, 5.41) is 9.80. The first-order valence-electron chi connectivity index (χ1n) is 16.1. The Labute approximate surface area is 285 Å². The average Bonchev–Trinajstić information content (AvgIpc) is 3.56. The van der Waals surface area contributed by atoms with Gasteiger partial charge >= 0.3 is 0 Å². The maximum Gasteiger partial charge on any atom is 0.137 e. The molecule has 0 fully saturated rings. The van der Waals surface area contributed by atoms with Crippen LogP contribution in [0.3, 0.4) is 0 Å². The predicted octanol–water partition coefficient (Wildman–Crippen LogP) is 11.3. The van der Waals surface area contributed by atoms with Gasteiger partial charge in [0.1, 0.15) is 27.4 Å². The SMILES string of the molecule is CCSc1nn(-c2cccc(Oc3ccc4c5ccccc5n(-c5cc(C)ccn5)c4c3)c2)c(SCC)c1-c1c(C)cc(C)cc1C. The van der Waals surface area contributed by atoms with Gasteiger partial charge in [0.15, 0.2) is 0 Å². The molecule has 0 unspecified atom stereocenters. The van der Waals surface area contributed by atoms with Gasteiger partial charge in [-0.1, -0.05) is 55.8 Å². The molecule has 0 radical (unpaired) electrons. The van der Waals surface area contributed by atoms with Crippen molar-refractivity contribution in [1.29, 1.82) is 0 Å². The summed E-state index contributed by atoms with van der Waals surface area (Å²) >= 11 is 3.64. The normalized spacial score (nSPS) is 11.5. The van der Waals surface area contributed by atoms with Crippen LogP contribution in [-0.2, 0) is 0 Å². The standard InChI is InChI=1S/C40H38N4OS2/c1-7-46-39-38(37-27(5)20-26(4)21-28(37)6)40(47-8-2)44(42-39)29-12-11-13-30(23-29)45-31-16-17-33-32-14-9-10-15-34(32)43(35(33)24-31)36-22-25(3)18-19-41-36/h9-24H,7-8H2,1-6H3. The molecule has 0 aliphatic rings. The number of benzene rings is 4. The molecule has 47 heavy (non-hydrogen) atoms. The fourth-order valence-electron chi connectivity index (χ4n) is 6.57. The third-order valence-corrected chi connectivity index (χ3v) is 10.2. The van der Waals surface area contributed by atoms with Crippen LogP contribution in [-0.4, -0.2) is 30.8 Å². The van der Waals surface area contributed by atoms with Gasteiger partial charge in [-0.25, -0.2) is 9.67 Å². The van der Waals surface area contributed by atoms with Crippen molar-refractivity contribution in [2.24, 2.45) is 0 Å². The number of ether oxygens (including phenoxy) is 1. The molecule has 4 aromatic carbocycles. The van der Waals surface area contributed by atoms with Gasteiger partial charge in [-0.15, -0.1) is 23.5 Å². The maximum atomic E-state index is 6.59. The molecule has 0 atom stereocenters. The molecular weight excluding hydrogens is 617 g/mol. The van der Waals surface area contributed by atoms with Crippen LogP contribution in [0.2, 0.25) is 0 Å². The third kappa shape index (κ3) is 5.83. The fourth-order valence-corrected chi connectivity index (χ4v) is 8.28. The van der Waals surface area contributed by atoms with E-state index in [0.29, 0.717) is 0 Å². The van der Waals surface area contributed by atoms with Gasteiger partial charge in [-0.3, -0.25) is 4.57 Å². The summed E-state index contributed by atoms with van der Waals surface area (Å²) in [6, 6.07) is 31.8. The molecule has 3 heterocycles. The number of thioether (sulfide) groups is 2. The second-order valence-electron chi connectivity index (χ2n) is 11.9. The minimum Gasteiger partial charge on any atom is -0.457 e. The van der Waals surface area contributed by atoms with Crippen LogP contribution in [0.5, 0.6) is 11.5 Å². The smallest absolute Gasteiger partial charge is 0.137 e. The highest BCUT2D eigenvalue weighted by Crippen LogP contribution is 2.44. The van der Waals surface area contributed by atoms with Crippen LogP contribution in [0.4, 0.5) is 0 Å². The van der Waals surface area contributed by atoms with E-state index in [2.05, 4.69) is 124 Å². The Morgan fingerprint density at radius 3 is 2.17 bits per heavy atom. The number of aromatic nitrogens is 4. The Kier molecular flexibility index (Phi) is 8.60. The van der Waals surface area contributed by atoms with E-state index in [9.17, 15) is 0 Å². The van der Waals surface area contributed by atoms with Crippen molar-refractivity contribution in [2.45, 2.75) is 51.6 Å². The zero-order valence-corrected chi connectivity index (χ0v) is 29.3. The molecule has 0 spiro atoms. The quantitative estimate of drug-likeness (QED) is 0.145. The van der Waals surface area contributed by atoms with Crippen LogP contribution in [0.1, 0.15) is 36.1 Å². The van der Waals surface area contributed by atoms with Crippen LogP contribution in [0, 0.1) is 27.7 Å². The van der Waals surface area contributed by atoms with Crippen LogP contribution < -0.4 is 4.74 Å². The molecule has 7 rings (SSSR count). The Bertz CT molecular complexity index is 2240. The van der Waals surface area contributed by atoms with Crippen molar-refractivity contribution in [3.05, 3.63) is 119 Å². The largest absolute Gasteiger partial charge is 0.457 e. The van der Waals surface area contributed by atoms with E-state index in [-0.39, 0.29) is 0 Å². The topological polar surface area (TPSA) is 44.9 Å². The first-order chi connectivity index (χ1) is 22.9.